The smallest absolute Gasteiger partial charge is 0.417 e. The lowest BCUT2D eigenvalue weighted by Gasteiger charge is -2.37. The monoisotopic (exact) mass is 393 g/mol. The van der Waals surface area contributed by atoms with Crippen LogP contribution in [0.4, 0.5) is 23.8 Å². The number of piperidine rings is 1. The Morgan fingerprint density at radius 2 is 2.08 bits per heavy atom. The summed E-state index contributed by atoms with van der Waals surface area (Å²) in [5.41, 5.74) is -1.49. The lowest BCUT2D eigenvalue weighted by Crippen LogP contribution is -2.48. The molecule has 26 heavy (non-hydrogen) atoms. The van der Waals surface area contributed by atoms with E-state index in [9.17, 15) is 18.0 Å². The third kappa shape index (κ3) is 5.65. The summed E-state index contributed by atoms with van der Waals surface area (Å²) < 4.78 is 43.6. The highest BCUT2D eigenvalue weighted by molar-refractivity contribution is 6.33. The Bertz CT molecular complexity index is 647. The van der Waals surface area contributed by atoms with Crippen molar-refractivity contribution in [3.05, 3.63) is 22.8 Å². The molecular formula is C17H23ClF3N3O2. The fraction of sp³-hybridized carbons (Fsp3) is 0.647. The van der Waals surface area contributed by atoms with Crippen molar-refractivity contribution < 1.29 is 22.7 Å². The van der Waals surface area contributed by atoms with E-state index in [1.54, 1.807) is 20.8 Å². The summed E-state index contributed by atoms with van der Waals surface area (Å²) in [6, 6.07) is 0.773. The van der Waals surface area contributed by atoms with Gasteiger partial charge < -0.3 is 15.0 Å². The number of nitrogens with zero attached hydrogens (tertiary/aromatic N) is 2. The van der Waals surface area contributed by atoms with Crippen LogP contribution in [0, 0.1) is 0 Å². The fourth-order valence-corrected chi connectivity index (χ4v) is 3.08. The van der Waals surface area contributed by atoms with Gasteiger partial charge in [-0.25, -0.2) is 9.78 Å². The molecule has 1 aromatic heterocycles. The van der Waals surface area contributed by atoms with Gasteiger partial charge in [-0.15, -0.1) is 0 Å². The summed E-state index contributed by atoms with van der Waals surface area (Å²) in [7, 11) is 0. The molecule has 1 N–H and O–H groups in total. The Morgan fingerprint density at radius 1 is 1.38 bits per heavy atom. The van der Waals surface area contributed by atoms with Gasteiger partial charge in [-0.3, -0.25) is 0 Å². The van der Waals surface area contributed by atoms with E-state index in [4.69, 9.17) is 16.3 Å². The van der Waals surface area contributed by atoms with Gasteiger partial charge in [-0.05, 0) is 46.1 Å². The van der Waals surface area contributed by atoms with Crippen LogP contribution in [-0.4, -0.2) is 35.8 Å². The summed E-state index contributed by atoms with van der Waals surface area (Å²) >= 11 is 6.07. The van der Waals surface area contributed by atoms with Crippen molar-refractivity contribution in [1.82, 2.24) is 10.3 Å². The number of rotatable bonds is 3. The molecule has 1 fully saturated rings. The summed E-state index contributed by atoms with van der Waals surface area (Å²) in [6.45, 7) is 6.22. The predicted molar refractivity (Wildman–Crippen MR) is 93.5 cm³/mol. The molecule has 5 nitrogen and oxygen atoms in total. The van der Waals surface area contributed by atoms with E-state index in [1.165, 1.54) is 0 Å². The highest BCUT2D eigenvalue weighted by atomic mass is 35.5. The normalized spacial score (nSPS) is 18.6. The number of alkyl carbamates (subject to hydrolysis) is 1. The maximum Gasteiger partial charge on any atom is 0.417 e. The number of anilines is 1. The van der Waals surface area contributed by atoms with Gasteiger partial charge in [0.25, 0.3) is 0 Å². The Hall–Kier alpha value is -1.70. The molecular weight excluding hydrogens is 371 g/mol. The molecule has 0 radical (unpaired) electrons. The van der Waals surface area contributed by atoms with Crippen LogP contribution in [-0.2, 0) is 10.9 Å². The minimum absolute atomic E-state index is 0.0519. The van der Waals surface area contributed by atoms with E-state index in [1.807, 2.05) is 4.90 Å². The molecule has 2 heterocycles. The first-order valence-electron chi connectivity index (χ1n) is 8.43. The third-order valence-electron chi connectivity index (χ3n) is 3.93. The van der Waals surface area contributed by atoms with Gasteiger partial charge >= 0.3 is 12.3 Å². The van der Waals surface area contributed by atoms with Crippen molar-refractivity contribution in [2.24, 2.45) is 0 Å². The average molecular weight is 394 g/mol. The number of aromatic nitrogens is 1. The van der Waals surface area contributed by atoms with Crippen LogP contribution in [0.15, 0.2) is 12.3 Å². The van der Waals surface area contributed by atoms with Crippen molar-refractivity contribution in [2.45, 2.75) is 57.9 Å². The third-order valence-corrected chi connectivity index (χ3v) is 4.21. The Morgan fingerprint density at radius 3 is 2.65 bits per heavy atom. The molecule has 1 aliphatic heterocycles. The number of carbonyl (C=O) groups excluding carboxylic acids is 1. The average Bonchev–Trinajstić information content (AvgIpc) is 2.51. The number of nitrogens with one attached hydrogen (secondary N) is 1. The zero-order valence-electron chi connectivity index (χ0n) is 15.0. The van der Waals surface area contributed by atoms with Crippen molar-refractivity contribution in [1.29, 1.82) is 0 Å². The maximum absolute atomic E-state index is 12.8. The van der Waals surface area contributed by atoms with Crippen LogP contribution < -0.4 is 10.2 Å². The number of halogens is 4. The van der Waals surface area contributed by atoms with Gasteiger partial charge in [-0.2, -0.15) is 13.2 Å². The number of alkyl halides is 3. The van der Waals surface area contributed by atoms with Gasteiger partial charge in [0.05, 0.1) is 10.6 Å². The molecule has 2 rings (SSSR count). The van der Waals surface area contributed by atoms with E-state index in [2.05, 4.69) is 10.3 Å². The van der Waals surface area contributed by atoms with E-state index in [-0.39, 0.29) is 11.1 Å². The molecule has 0 bridgehead atoms. The van der Waals surface area contributed by atoms with Crippen molar-refractivity contribution >= 4 is 23.5 Å². The van der Waals surface area contributed by atoms with Crippen molar-refractivity contribution in [3.63, 3.8) is 0 Å². The maximum atomic E-state index is 12.8. The molecule has 1 saturated heterocycles. The largest absolute Gasteiger partial charge is 0.444 e. The second-order valence-corrected chi connectivity index (χ2v) is 7.66. The molecule has 1 unspecified atom stereocenters. The van der Waals surface area contributed by atoms with Crippen LogP contribution in [0.1, 0.15) is 45.6 Å². The van der Waals surface area contributed by atoms with Crippen LogP contribution in [0.3, 0.4) is 0 Å². The topological polar surface area (TPSA) is 54.5 Å². The molecule has 146 valence electrons. The van der Waals surface area contributed by atoms with Crippen LogP contribution in [0.2, 0.25) is 5.02 Å². The summed E-state index contributed by atoms with van der Waals surface area (Å²) in [5, 5.41) is 2.66. The van der Waals surface area contributed by atoms with E-state index in [0.29, 0.717) is 18.9 Å². The van der Waals surface area contributed by atoms with Gasteiger partial charge in [-0.1, -0.05) is 11.6 Å². The van der Waals surface area contributed by atoms with Gasteiger partial charge in [0.1, 0.15) is 11.4 Å². The fourth-order valence-electron chi connectivity index (χ4n) is 2.80. The standard InChI is InChI=1S/C17H23ClF3N3O2/c1-16(2,3)26-15(25)23-10-12-6-4-5-7-24(12)14-13(18)8-11(9-22-14)17(19,20)21/h8-9,12H,4-7,10H2,1-3H3,(H,23,25). The molecule has 1 amide bonds. The number of hydrogen-bond donors (Lipinski definition) is 1. The molecule has 0 aliphatic carbocycles. The Kier molecular flexibility index (Phi) is 6.26. The first-order valence-corrected chi connectivity index (χ1v) is 8.81. The Labute approximate surface area is 155 Å². The SMILES string of the molecule is CC(C)(C)OC(=O)NCC1CCCCN1c1ncc(C(F)(F)F)cc1Cl. The van der Waals surface area contributed by atoms with Crippen molar-refractivity contribution in [3.8, 4) is 0 Å². The lowest BCUT2D eigenvalue weighted by atomic mass is 10.0. The highest BCUT2D eigenvalue weighted by Gasteiger charge is 2.33. The number of amides is 1. The first kappa shape index (κ1) is 20.6. The number of pyridine rings is 1. The van der Waals surface area contributed by atoms with Gasteiger partial charge in [0.15, 0.2) is 0 Å². The molecule has 0 spiro atoms. The van der Waals surface area contributed by atoms with E-state index in [0.717, 1.165) is 31.5 Å². The molecule has 1 aromatic rings. The molecule has 0 saturated carbocycles. The van der Waals surface area contributed by atoms with Crippen LogP contribution in [0.5, 0.6) is 0 Å². The number of hydrogen-bond acceptors (Lipinski definition) is 4. The summed E-state index contributed by atoms with van der Waals surface area (Å²) in [4.78, 5) is 17.6. The minimum Gasteiger partial charge on any atom is -0.444 e. The quantitative estimate of drug-likeness (QED) is 0.813. The molecule has 1 atom stereocenters. The first-order chi connectivity index (χ1) is 12.0. The molecule has 9 heteroatoms. The predicted octanol–water partition coefficient (Wildman–Crippen LogP) is 4.64. The summed E-state index contributed by atoms with van der Waals surface area (Å²) in [6.07, 6.45) is -1.63. The van der Waals surface area contributed by atoms with Gasteiger partial charge in [0, 0.05) is 25.3 Å². The zero-order valence-corrected chi connectivity index (χ0v) is 15.7. The zero-order chi connectivity index (χ0) is 19.5. The van der Waals surface area contributed by atoms with Gasteiger partial charge in [0.2, 0.25) is 0 Å². The molecule has 0 aromatic carbocycles. The second kappa shape index (κ2) is 7.90. The second-order valence-electron chi connectivity index (χ2n) is 7.25. The number of carbonyl (C=O) groups is 1. The number of ether oxygens (including phenoxy) is 1. The minimum atomic E-state index is -4.49. The Balaban J connectivity index is 2.10. The summed E-state index contributed by atoms with van der Waals surface area (Å²) in [5.74, 6) is 0.301. The highest BCUT2D eigenvalue weighted by Crippen LogP contribution is 2.35. The van der Waals surface area contributed by atoms with E-state index < -0.39 is 23.4 Å². The van der Waals surface area contributed by atoms with Crippen LogP contribution in [0.25, 0.3) is 0 Å². The lowest BCUT2D eigenvalue weighted by molar-refractivity contribution is -0.137. The van der Waals surface area contributed by atoms with Crippen LogP contribution >= 0.6 is 11.6 Å². The van der Waals surface area contributed by atoms with Crippen molar-refractivity contribution in [2.75, 3.05) is 18.0 Å². The molecule has 1 aliphatic rings. The van der Waals surface area contributed by atoms with E-state index >= 15 is 0 Å².